The van der Waals surface area contributed by atoms with Crippen LogP contribution in [0, 0.1) is 0 Å². The highest BCUT2D eigenvalue weighted by atomic mass is 19.4. The maximum absolute atomic E-state index is 13.0. The third-order valence-corrected chi connectivity index (χ3v) is 3.29. The largest absolute Gasteiger partial charge is 0.438 e. The van der Waals surface area contributed by atoms with Crippen molar-refractivity contribution >= 4 is 11.2 Å². The molecule has 10 heteroatoms. The Morgan fingerprint density at radius 1 is 1.04 bits per heavy atom. The molecule has 0 amide bonds. The molecule has 7 nitrogen and oxygen atoms in total. The minimum absolute atomic E-state index is 0.263. The monoisotopic (exact) mass is 338 g/mol. The number of benzene rings is 1. The summed E-state index contributed by atoms with van der Waals surface area (Å²) in [6, 6.07) is 8.17. The van der Waals surface area contributed by atoms with E-state index in [1.54, 1.807) is 35.3 Å². The number of nitrogens with zero attached hydrogens (tertiary/aromatic N) is 2. The van der Waals surface area contributed by atoms with E-state index in [1.165, 1.54) is 0 Å². The van der Waals surface area contributed by atoms with E-state index < -0.39 is 34.2 Å². The number of halogens is 3. The molecule has 0 saturated carbocycles. The molecule has 3 aromatic rings. The number of nitrogens with one attached hydrogen (secondary N) is 2. The Labute approximate surface area is 130 Å². The molecule has 0 atom stereocenters. The normalized spacial score (nSPS) is 11.8. The van der Waals surface area contributed by atoms with Crippen LogP contribution in [0.4, 0.5) is 13.2 Å². The van der Waals surface area contributed by atoms with E-state index in [2.05, 4.69) is 9.97 Å². The van der Waals surface area contributed by atoms with Gasteiger partial charge in [0.25, 0.3) is 11.1 Å². The first-order chi connectivity index (χ1) is 11.3. The average Bonchev–Trinajstić information content (AvgIpc) is 2.50. The topological polar surface area (TPSA) is 101 Å². The van der Waals surface area contributed by atoms with E-state index in [4.69, 9.17) is 0 Å². The summed E-state index contributed by atoms with van der Waals surface area (Å²) in [7, 11) is 0. The van der Waals surface area contributed by atoms with Crippen LogP contribution in [0.2, 0.25) is 0 Å². The van der Waals surface area contributed by atoms with E-state index in [9.17, 15) is 27.6 Å². The van der Waals surface area contributed by atoms with Crippen LogP contribution in [-0.2, 0) is 12.7 Å². The molecule has 0 aliphatic heterocycles. The minimum Gasteiger partial charge on any atom is -0.291 e. The summed E-state index contributed by atoms with van der Waals surface area (Å²) in [5, 5.41) is 0. The van der Waals surface area contributed by atoms with Crippen molar-refractivity contribution in [3.8, 4) is 0 Å². The summed E-state index contributed by atoms with van der Waals surface area (Å²) in [6.07, 6.45) is -5.04. The lowest BCUT2D eigenvalue weighted by Crippen LogP contribution is -2.35. The summed E-state index contributed by atoms with van der Waals surface area (Å²) < 4.78 is 39.8. The number of aromatic amines is 2. The zero-order valence-electron chi connectivity index (χ0n) is 11.8. The summed E-state index contributed by atoms with van der Waals surface area (Å²) in [5.41, 5.74) is -5.75. The zero-order valence-corrected chi connectivity index (χ0v) is 11.8. The molecule has 1 aromatic carbocycles. The first-order valence-corrected chi connectivity index (χ1v) is 6.65. The number of hydrogen-bond acceptors (Lipinski definition) is 4. The number of alkyl halides is 3. The molecule has 0 radical (unpaired) electrons. The van der Waals surface area contributed by atoms with Crippen molar-refractivity contribution in [3.63, 3.8) is 0 Å². The molecule has 3 rings (SSSR count). The van der Waals surface area contributed by atoms with Crippen LogP contribution in [0.15, 0.2) is 44.7 Å². The van der Waals surface area contributed by atoms with Gasteiger partial charge in [-0.3, -0.25) is 24.1 Å². The van der Waals surface area contributed by atoms with Crippen LogP contribution in [0.25, 0.3) is 11.2 Å². The van der Waals surface area contributed by atoms with Crippen molar-refractivity contribution in [2.75, 3.05) is 0 Å². The molecule has 0 spiro atoms. The minimum atomic E-state index is -5.04. The van der Waals surface area contributed by atoms with Gasteiger partial charge in [-0.25, -0.2) is 9.78 Å². The van der Waals surface area contributed by atoms with Crippen LogP contribution >= 0.6 is 0 Å². The van der Waals surface area contributed by atoms with Crippen molar-refractivity contribution in [1.29, 1.82) is 0 Å². The lowest BCUT2D eigenvalue weighted by molar-refractivity contribution is -0.142. The van der Waals surface area contributed by atoms with Gasteiger partial charge in [-0.1, -0.05) is 30.3 Å². The lowest BCUT2D eigenvalue weighted by atomic mass is 10.2. The first-order valence-electron chi connectivity index (χ1n) is 6.65. The standard InChI is InChI=1S/C14H9F3N4O3/c15-14(16,17)9-12(23)21(6-7-4-2-1-3-5-7)10-8(18-9)11(22)20-13(24)19-10/h1-5H,6H2,(H2,19,20,22,24). The quantitative estimate of drug-likeness (QED) is 0.723. The van der Waals surface area contributed by atoms with Crippen LogP contribution in [0.1, 0.15) is 11.3 Å². The van der Waals surface area contributed by atoms with E-state index in [0.29, 0.717) is 10.1 Å². The number of fused-ring (bicyclic) bond motifs is 1. The number of H-pyrrole nitrogens is 2. The van der Waals surface area contributed by atoms with Gasteiger partial charge >= 0.3 is 11.9 Å². The van der Waals surface area contributed by atoms with Crippen molar-refractivity contribution in [2.24, 2.45) is 0 Å². The molecule has 0 saturated heterocycles. The van der Waals surface area contributed by atoms with E-state index in [0.717, 1.165) is 0 Å². The fourth-order valence-electron chi connectivity index (χ4n) is 2.26. The molecular formula is C14H9F3N4O3. The van der Waals surface area contributed by atoms with Gasteiger partial charge < -0.3 is 0 Å². The summed E-state index contributed by atoms with van der Waals surface area (Å²) >= 11 is 0. The molecule has 2 N–H and O–H groups in total. The van der Waals surface area contributed by atoms with Gasteiger partial charge in [0, 0.05) is 0 Å². The van der Waals surface area contributed by atoms with Gasteiger partial charge in [-0.2, -0.15) is 13.2 Å². The van der Waals surface area contributed by atoms with E-state index in [-0.39, 0.29) is 12.2 Å². The molecule has 0 bridgehead atoms. The molecule has 2 heterocycles. The predicted molar refractivity (Wildman–Crippen MR) is 77.8 cm³/mol. The van der Waals surface area contributed by atoms with Gasteiger partial charge in [-0.15, -0.1) is 0 Å². The second-order valence-electron chi connectivity index (χ2n) is 4.94. The van der Waals surface area contributed by atoms with Crippen molar-refractivity contribution in [1.82, 2.24) is 19.5 Å². The summed E-state index contributed by atoms with van der Waals surface area (Å²) in [5.74, 6) is 0. The van der Waals surface area contributed by atoms with Gasteiger partial charge in [0.2, 0.25) is 5.69 Å². The average molecular weight is 338 g/mol. The molecule has 0 aliphatic rings. The lowest BCUT2D eigenvalue weighted by Gasteiger charge is -2.12. The Hall–Kier alpha value is -3.17. The van der Waals surface area contributed by atoms with Crippen LogP contribution in [-0.4, -0.2) is 19.5 Å². The number of rotatable bonds is 2. The molecule has 2 aromatic heterocycles. The second kappa shape index (κ2) is 5.48. The third kappa shape index (κ3) is 2.73. The van der Waals surface area contributed by atoms with Crippen molar-refractivity contribution in [2.45, 2.75) is 12.7 Å². The number of aromatic nitrogens is 4. The van der Waals surface area contributed by atoms with E-state index >= 15 is 0 Å². The number of hydrogen-bond donors (Lipinski definition) is 2. The van der Waals surface area contributed by atoms with Crippen LogP contribution in [0.5, 0.6) is 0 Å². The molecule has 24 heavy (non-hydrogen) atoms. The van der Waals surface area contributed by atoms with Gasteiger partial charge in [0.15, 0.2) is 5.52 Å². The fraction of sp³-hybridized carbons (Fsp3) is 0.143. The Bertz CT molecular complexity index is 1080. The Morgan fingerprint density at radius 3 is 2.33 bits per heavy atom. The second-order valence-corrected chi connectivity index (χ2v) is 4.94. The summed E-state index contributed by atoms with van der Waals surface area (Å²) in [4.78, 5) is 42.5. The van der Waals surface area contributed by atoms with Crippen molar-refractivity contribution in [3.05, 3.63) is 72.8 Å². The fourth-order valence-corrected chi connectivity index (χ4v) is 2.26. The maximum atomic E-state index is 13.0. The van der Waals surface area contributed by atoms with Crippen LogP contribution in [0.3, 0.4) is 0 Å². The molecule has 0 fully saturated rings. The summed E-state index contributed by atoms with van der Waals surface area (Å²) in [6.45, 7) is -0.263. The van der Waals surface area contributed by atoms with Gasteiger partial charge in [-0.05, 0) is 5.56 Å². The third-order valence-electron chi connectivity index (χ3n) is 3.29. The molecule has 0 aliphatic carbocycles. The Balaban J connectivity index is 2.40. The predicted octanol–water partition coefficient (Wildman–Crippen LogP) is 0.840. The Morgan fingerprint density at radius 2 is 1.71 bits per heavy atom. The van der Waals surface area contributed by atoms with Crippen molar-refractivity contribution < 1.29 is 13.2 Å². The highest BCUT2D eigenvalue weighted by Gasteiger charge is 2.37. The zero-order chi connectivity index (χ0) is 17.5. The van der Waals surface area contributed by atoms with Crippen LogP contribution < -0.4 is 16.8 Å². The van der Waals surface area contributed by atoms with Gasteiger partial charge in [0.05, 0.1) is 6.54 Å². The van der Waals surface area contributed by atoms with E-state index in [1.807, 2.05) is 0 Å². The molecule has 124 valence electrons. The Kier molecular flexibility index (Phi) is 3.59. The highest BCUT2D eigenvalue weighted by Crippen LogP contribution is 2.25. The smallest absolute Gasteiger partial charge is 0.291 e. The first kappa shape index (κ1) is 15.7. The highest BCUT2D eigenvalue weighted by molar-refractivity contribution is 5.68. The molecule has 0 unspecified atom stereocenters. The SMILES string of the molecule is O=c1[nH]c(=O)c2nc(C(F)(F)F)c(=O)n(Cc3ccccc3)c2[nH]1. The molecular weight excluding hydrogens is 329 g/mol. The maximum Gasteiger partial charge on any atom is 0.438 e. The van der Waals surface area contributed by atoms with Gasteiger partial charge in [0.1, 0.15) is 5.65 Å².